The second-order valence-electron chi connectivity index (χ2n) is 17.7. The molecule has 1 aliphatic heterocycles. The van der Waals surface area contributed by atoms with Crippen LogP contribution in [-0.4, -0.2) is 0 Å². The van der Waals surface area contributed by atoms with Gasteiger partial charge >= 0.3 is 0 Å². The number of hydrogen-bond donors (Lipinski definition) is 0. The third-order valence-electron chi connectivity index (χ3n) is 14.0. The van der Waals surface area contributed by atoms with Gasteiger partial charge in [0, 0.05) is 45.3 Å². The van der Waals surface area contributed by atoms with Crippen LogP contribution >= 0.6 is 0 Å². The zero-order valence-electron chi connectivity index (χ0n) is 36.7. The first-order valence-corrected chi connectivity index (χ1v) is 22.8. The number of para-hydroxylation sites is 5. The van der Waals surface area contributed by atoms with E-state index < -0.39 is 5.41 Å². The van der Waals surface area contributed by atoms with Gasteiger partial charge in [0.1, 0.15) is 11.5 Å². The molecule has 0 N–H and O–H groups in total. The lowest BCUT2D eigenvalue weighted by atomic mass is 9.65. The van der Waals surface area contributed by atoms with Gasteiger partial charge in [-0.25, -0.2) is 0 Å². The van der Waals surface area contributed by atoms with Crippen LogP contribution in [0, 0.1) is 13.8 Å². The molecule has 3 heteroatoms. The molecule has 0 bridgehead atoms. The van der Waals surface area contributed by atoms with Crippen LogP contribution in [0.25, 0.3) is 44.5 Å². The lowest BCUT2D eigenvalue weighted by Gasteiger charge is -2.40. The number of ether oxygens (including phenoxy) is 1. The molecule has 1 spiro atoms. The zero-order valence-corrected chi connectivity index (χ0v) is 36.7. The van der Waals surface area contributed by atoms with Crippen molar-refractivity contribution in [3.8, 4) is 56.0 Å². The van der Waals surface area contributed by atoms with Gasteiger partial charge < -0.3 is 14.5 Å². The van der Waals surface area contributed by atoms with Crippen LogP contribution in [0.1, 0.15) is 33.4 Å². The highest BCUT2D eigenvalue weighted by Gasteiger charge is 2.53. The monoisotopic (exact) mass is 844 g/mol. The van der Waals surface area contributed by atoms with Crippen LogP contribution in [0.2, 0.25) is 0 Å². The minimum absolute atomic E-state index is 0.789. The Labute approximate surface area is 386 Å². The molecule has 1 heterocycles. The van der Waals surface area contributed by atoms with E-state index in [2.05, 4.69) is 254 Å². The molecule has 0 radical (unpaired) electrons. The van der Waals surface area contributed by atoms with Crippen LogP contribution in [-0.2, 0) is 5.41 Å². The summed E-state index contributed by atoms with van der Waals surface area (Å²) in [7, 11) is 0. The average Bonchev–Trinajstić information content (AvgIpc) is 3.65. The summed E-state index contributed by atoms with van der Waals surface area (Å²) in [6, 6.07) is 84.7. The predicted molar refractivity (Wildman–Crippen MR) is 273 cm³/mol. The van der Waals surface area contributed by atoms with E-state index in [1.807, 2.05) is 0 Å². The summed E-state index contributed by atoms with van der Waals surface area (Å²) in [6.07, 6.45) is 0. The summed E-state index contributed by atoms with van der Waals surface area (Å²) in [5, 5.41) is 0. The number of nitrogens with zero attached hydrogens (tertiary/aromatic N) is 2. The van der Waals surface area contributed by atoms with Crippen molar-refractivity contribution in [3.63, 3.8) is 0 Å². The minimum atomic E-state index is -0.789. The molecule has 0 saturated heterocycles. The third-order valence-corrected chi connectivity index (χ3v) is 14.0. The number of rotatable bonds is 6. The first-order chi connectivity index (χ1) is 32.6. The molecule has 10 aromatic carbocycles. The summed E-state index contributed by atoms with van der Waals surface area (Å²) in [4.78, 5) is 4.89. The summed E-state index contributed by atoms with van der Waals surface area (Å²) < 4.78 is 6.97. The van der Waals surface area contributed by atoms with Gasteiger partial charge in [-0.2, -0.15) is 0 Å². The second-order valence-corrected chi connectivity index (χ2v) is 17.7. The second kappa shape index (κ2) is 14.8. The highest BCUT2D eigenvalue weighted by atomic mass is 16.5. The van der Waals surface area contributed by atoms with E-state index >= 15 is 0 Å². The molecule has 0 atom stereocenters. The first kappa shape index (κ1) is 38.1. The normalized spacial score (nSPS) is 12.9. The fraction of sp³-hybridized carbons (Fsp3) is 0.0476. The van der Waals surface area contributed by atoms with Crippen molar-refractivity contribution in [3.05, 3.63) is 264 Å². The smallest absolute Gasteiger partial charge is 0.132 e. The Morgan fingerprint density at radius 2 is 0.758 bits per heavy atom. The molecule has 0 fully saturated rings. The maximum absolute atomic E-state index is 6.97. The molecule has 3 aliphatic rings. The van der Waals surface area contributed by atoms with Gasteiger partial charge in [-0.3, -0.25) is 0 Å². The van der Waals surface area contributed by atoms with Gasteiger partial charge in [0.05, 0.1) is 5.41 Å². The summed E-state index contributed by atoms with van der Waals surface area (Å²) in [5.41, 5.74) is 22.7. The van der Waals surface area contributed by atoms with Gasteiger partial charge in [0.2, 0.25) is 0 Å². The fourth-order valence-corrected chi connectivity index (χ4v) is 11.3. The largest absolute Gasteiger partial charge is 0.457 e. The summed E-state index contributed by atoms with van der Waals surface area (Å²) in [5.74, 6) is 1.73. The number of hydrogen-bond acceptors (Lipinski definition) is 3. The third kappa shape index (κ3) is 5.56. The van der Waals surface area contributed by atoms with Crippen LogP contribution in [0.5, 0.6) is 11.5 Å². The Morgan fingerprint density at radius 3 is 1.30 bits per heavy atom. The Bertz CT molecular complexity index is 3510. The lowest BCUT2D eigenvalue weighted by Crippen LogP contribution is -2.32. The topological polar surface area (TPSA) is 15.7 Å². The van der Waals surface area contributed by atoms with E-state index in [1.54, 1.807) is 0 Å². The molecule has 0 unspecified atom stereocenters. The van der Waals surface area contributed by atoms with E-state index in [9.17, 15) is 0 Å². The number of benzene rings is 10. The van der Waals surface area contributed by atoms with Crippen LogP contribution < -0.4 is 14.5 Å². The molecule has 13 rings (SSSR count). The van der Waals surface area contributed by atoms with Crippen LogP contribution in [0.4, 0.5) is 34.1 Å². The van der Waals surface area contributed by atoms with Crippen molar-refractivity contribution in [1.82, 2.24) is 0 Å². The van der Waals surface area contributed by atoms with E-state index in [0.29, 0.717) is 0 Å². The molecule has 0 aromatic heterocycles. The Kier molecular flexibility index (Phi) is 8.56. The van der Waals surface area contributed by atoms with Gasteiger partial charge in [0.25, 0.3) is 0 Å². The van der Waals surface area contributed by atoms with Crippen molar-refractivity contribution in [2.45, 2.75) is 19.3 Å². The van der Waals surface area contributed by atoms with E-state index in [1.165, 1.54) is 66.8 Å². The van der Waals surface area contributed by atoms with Crippen molar-refractivity contribution < 1.29 is 4.74 Å². The van der Waals surface area contributed by atoms with E-state index in [-0.39, 0.29) is 0 Å². The van der Waals surface area contributed by atoms with Crippen molar-refractivity contribution >= 4 is 34.1 Å². The molecule has 0 saturated carbocycles. The highest BCUT2D eigenvalue weighted by Crippen LogP contribution is 2.67. The zero-order chi connectivity index (χ0) is 43.9. The lowest BCUT2D eigenvalue weighted by molar-refractivity contribution is 0.436. The van der Waals surface area contributed by atoms with E-state index in [0.717, 1.165) is 56.8 Å². The molecule has 312 valence electrons. The van der Waals surface area contributed by atoms with Crippen molar-refractivity contribution in [2.75, 3.05) is 9.80 Å². The van der Waals surface area contributed by atoms with Gasteiger partial charge in [-0.15, -0.1) is 0 Å². The number of fused-ring (bicyclic) bond motifs is 11. The SMILES string of the molecule is Cc1cccc(N(c2ccccc2)c2cc3c4c(c2)C2(c5ccccc5Oc5ccccc52)c2cc(N(c5ccccc5)c5ccccc5C)cc(c2-4)-c2ccccc2-c2ccccc2-3)c1. The fourth-order valence-electron chi connectivity index (χ4n) is 11.3. The van der Waals surface area contributed by atoms with Gasteiger partial charge in [-0.1, -0.05) is 152 Å². The highest BCUT2D eigenvalue weighted by molar-refractivity contribution is 6.11. The van der Waals surface area contributed by atoms with Crippen molar-refractivity contribution in [2.24, 2.45) is 0 Å². The Balaban J connectivity index is 1.25. The van der Waals surface area contributed by atoms with Gasteiger partial charge in [0.15, 0.2) is 0 Å². The van der Waals surface area contributed by atoms with Gasteiger partial charge in [-0.05, 0) is 159 Å². The Hall–Kier alpha value is -8.40. The maximum Gasteiger partial charge on any atom is 0.132 e. The maximum atomic E-state index is 6.97. The number of aryl methyl sites for hydroxylation is 2. The molecule has 66 heavy (non-hydrogen) atoms. The summed E-state index contributed by atoms with van der Waals surface area (Å²) in [6.45, 7) is 4.39. The van der Waals surface area contributed by atoms with Crippen LogP contribution in [0.3, 0.4) is 0 Å². The molecule has 0 amide bonds. The van der Waals surface area contributed by atoms with Crippen LogP contribution in [0.15, 0.2) is 231 Å². The average molecular weight is 845 g/mol. The first-order valence-electron chi connectivity index (χ1n) is 22.8. The Morgan fingerprint density at radius 1 is 0.318 bits per heavy atom. The molecule has 10 aromatic rings. The van der Waals surface area contributed by atoms with Crippen molar-refractivity contribution in [1.29, 1.82) is 0 Å². The molecular formula is C63H44N2O. The predicted octanol–water partition coefficient (Wildman–Crippen LogP) is 17.0. The standard InChI is InChI=1S/C63H44N2O/c1-41-20-19-26-45(36-41)64(43-22-5-3-6-23-43)46-37-52-50-29-12-10-27-48(50)49-28-11-13-30-51(49)53-38-47(65(44-24-7-4-8-25-44)58-33-16-9-21-42(58)2)40-57-62(53)61(52)56(39-46)63(57)54-31-14-17-34-59(54)66-60-35-18-15-32-55(60)63/h3-40H,1-2H3. The van der Waals surface area contributed by atoms with E-state index in [4.69, 9.17) is 4.74 Å². The molecular weight excluding hydrogens is 801 g/mol. The number of anilines is 6. The summed E-state index contributed by atoms with van der Waals surface area (Å²) >= 11 is 0. The minimum Gasteiger partial charge on any atom is -0.457 e. The quantitative estimate of drug-likeness (QED) is 0.166. The molecule has 2 aliphatic carbocycles. The molecule has 3 nitrogen and oxygen atoms in total.